The highest BCUT2D eigenvalue weighted by atomic mass is 16.3. The third-order valence-corrected chi connectivity index (χ3v) is 11.6. The second kappa shape index (κ2) is 11.6. The normalized spacial score (nSPS) is 13.1. The second-order valence-electron chi connectivity index (χ2n) is 15.0. The van der Waals surface area contributed by atoms with E-state index in [0.29, 0.717) is 0 Å². The molecular formula is C51H36N2O. The zero-order valence-corrected chi connectivity index (χ0v) is 30.1. The Morgan fingerprint density at radius 3 is 1.98 bits per heavy atom. The van der Waals surface area contributed by atoms with Crippen LogP contribution in [0.3, 0.4) is 0 Å². The highest BCUT2D eigenvalue weighted by Gasteiger charge is 2.36. The van der Waals surface area contributed by atoms with Gasteiger partial charge in [-0.25, -0.2) is 0 Å². The Morgan fingerprint density at radius 1 is 0.444 bits per heavy atom. The van der Waals surface area contributed by atoms with Gasteiger partial charge in [-0.2, -0.15) is 0 Å². The molecule has 11 rings (SSSR count). The molecule has 2 heterocycles. The van der Waals surface area contributed by atoms with Crippen molar-refractivity contribution in [2.45, 2.75) is 19.3 Å². The molecule has 0 amide bonds. The lowest BCUT2D eigenvalue weighted by molar-refractivity contribution is 0.660. The minimum Gasteiger partial charge on any atom is -0.456 e. The van der Waals surface area contributed by atoms with Gasteiger partial charge in [-0.1, -0.05) is 135 Å². The van der Waals surface area contributed by atoms with E-state index in [1.807, 2.05) is 6.07 Å². The highest BCUT2D eigenvalue weighted by molar-refractivity contribution is 6.19. The van der Waals surface area contributed by atoms with Gasteiger partial charge in [0.05, 0.1) is 5.52 Å². The van der Waals surface area contributed by atoms with Crippen LogP contribution in [0.1, 0.15) is 25.0 Å². The number of hydrogen-bond donors (Lipinski definition) is 1. The number of H-pyrrole nitrogens is 1. The van der Waals surface area contributed by atoms with Crippen molar-refractivity contribution in [2.24, 2.45) is 0 Å². The second-order valence-corrected chi connectivity index (χ2v) is 15.0. The highest BCUT2D eigenvalue weighted by Crippen LogP contribution is 2.51. The zero-order valence-electron chi connectivity index (χ0n) is 30.1. The van der Waals surface area contributed by atoms with Crippen molar-refractivity contribution >= 4 is 60.8 Å². The maximum atomic E-state index is 6.42. The minimum atomic E-state index is -0.130. The lowest BCUT2D eigenvalue weighted by Gasteiger charge is -2.29. The van der Waals surface area contributed by atoms with Crippen molar-refractivity contribution in [1.29, 1.82) is 0 Å². The van der Waals surface area contributed by atoms with Crippen LogP contribution in [-0.2, 0) is 5.41 Å². The van der Waals surface area contributed by atoms with Gasteiger partial charge in [0.15, 0.2) is 0 Å². The quantitative estimate of drug-likeness (QED) is 0.195. The summed E-state index contributed by atoms with van der Waals surface area (Å²) in [5.74, 6) is 0. The van der Waals surface area contributed by atoms with Gasteiger partial charge in [0.2, 0.25) is 0 Å². The Morgan fingerprint density at radius 2 is 1.11 bits per heavy atom. The van der Waals surface area contributed by atoms with Crippen molar-refractivity contribution in [3.63, 3.8) is 0 Å². The topological polar surface area (TPSA) is 32.2 Å². The van der Waals surface area contributed by atoms with E-state index in [1.54, 1.807) is 0 Å². The number of anilines is 3. The summed E-state index contributed by atoms with van der Waals surface area (Å²) in [4.78, 5) is 6.26. The van der Waals surface area contributed by atoms with Gasteiger partial charge in [-0.3, -0.25) is 0 Å². The monoisotopic (exact) mass is 692 g/mol. The molecule has 8 aromatic carbocycles. The number of hydrogen-bond acceptors (Lipinski definition) is 2. The molecule has 0 bridgehead atoms. The van der Waals surface area contributed by atoms with Crippen LogP contribution < -0.4 is 4.90 Å². The van der Waals surface area contributed by atoms with Crippen molar-refractivity contribution in [3.8, 4) is 33.4 Å². The first kappa shape index (κ1) is 30.8. The predicted octanol–water partition coefficient (Wildman–Crippen LogP) is 14.3. The lowest BCUT2D eigenvalue weighted by atomic mass is 9.82. The first-order chi connectivity index (χ1) is 26.5. The van der Waals surface area contributed by atoms with Gasteiger partial charge < -0.3 is 14.3 Å². The molecule has 10 aromatic rings. The Labute approximate surface area is 313 Å². The number of furan rings is 1. The summed E-state index contributed by atoms with van der Waals surface area (Å²) >= 11 is 0. The Hall–Kier alpha value is -6.84. The van der Waals surface area contributed by atoms with Gasteiger partial charge in [-0.05, 0) is 93.5 Å². The van der Waals surface area contributed by atoms with Crippen LogP contribution in [-0.4, -0.2) is 4.98 Å². The van der Waals surface area contributed by atoms with E-state index >= 15 is 0 Å². The molecule has 1 N–H and O–H groups in total. The number of rotatable bonds is 5. The van der Waals surface area contributed by atoms with E-state index in [4.69, 9.17) is 4.42 Å². The molecule has 0 saturated heterocycles. The summed E-state index contributed by atoms with van der Waals surface area (Å²) in [6.07, 6.45) is 0. The van der Waals surface area contributed by atoms with Crippen LogP contribution in [0.25, 0.3) is 77.1 Å². The summed E-state index contributed by atoms with van der Waals surface area (Å²) in [5, 5.41) is 4.62. The van der Waals surface area contributed by atoms with E-state index < -0.39 is 0 Å². The molecule has 256 valence electrons. The summed E-state index contributed by atoms with van der Waals surface area (Å²) < 4.78 is 6.42. The fraction of sp³-hybridized carbons (Fsp3) is 0.0588. The van der Waals surface area contributed by atoms with Gasteiger partial charge in [0, 0.05) is 55.1 Å². The van der Waals surface area contributed by atoms with Crippen LogP contribution in [0, 0.1) is 0 Å². The van der Waals surface area contributed by atoms with E-state index in [1.165, 1.54) is 44.2 Å². The van der Waals surface area contributed by atoms with Gasteiger partial charge in [0.1, 0.15) is 11.2 Å². The molecule has 0 radical (unpaired) electrons. The van der Waals surface area contributed by atoms with Crippen LogP contribution in [0.5, 0.6) is 0 Å². The van der Waals surface area contributed by atoms with E-state index in [0.717, 1.165) is 61.2 Å². The third kappa shape index (κ3) is 4.55. The average Bonchev–Trinajstić information content (AvgIpc) is 3.86. The van der Waals surface area contributed by atoms with Crippen molar-refractivity contribution in [1.82, 2.24) is 4.98 Å². The lowest BCUT2D eigenvalue weighted by Crippen LogP contribution is -2.16. The van der Waals surface area contributed by atoms with Crippen molar-refractivity contribution in [3.05, 3.63) is 187 Å². The first-order valence-corrected chi connectivity index (χ1v) is 18.7. The SMILES string of the molecule is CC1(C)c2ccccc2-c2ccc(N(c3ccc(-c4ccccc4)cc3)c3cc(-c4cccc5oc6ccccc6c45)c4[nH]c5ccccc5c4c3)cc21. The molecule has 54 heavy (non-hydrogen) atoms. The first-order valence-electron chi connectivity index (χ1n) is 18.7. The molecule has 1 aliphatic carbocycles. The number of nitrogens with one attached hydrogen (secondary N) is 1. The Kier molecular flexibility index (Phi) is 6.60. The summed E-state index contributed by atoms with van der Waals surface area (Å²) in [7, 11) is 0. The van der Waals surface area contributed by atoms with Crippen LogP contribution in [0.2, 0.25) is 0 Å². The molecule has 2 aromatic heterocycles. The summed E-state index contributed by atoms with van der Waals surface area (Å²) in [5.41, 5.74) is 17.2. The van der Waals surface area contributed by atoms with Gasteiger partial charge >= 0.3 is 0 Å². The molecule has 0 atom stereocenters. The van der Waals surface area contributed by atoms with Gasteiger partial charge in [-0.15, -0.1) is 0 Å². The molecule has 1 aliphatic rings. The molecule has 3 nitrogen and oxygen atoms in total. The number of nitrogens with zero attached hydrogens (tertiary/aromatic N) is 1. The molecule has 0 aliphatic heterocycles. The van der Waals surface area contributed by atoms with Crippen molar-refractivity contribution in [2.75, 3.05) is 4.90 Å². The molecule has 0 unspecified atom stereocenters. The van der Waals surface area contributed by atoms with Crippen LogP contribution in [0.4, 0.5) is 17.1 Å². The third-order valence-electron chi connectivity index (χ3n) is 11.6. The standard InChI is InChI=1S/C51H36N2O/c1-51(2)44-19-9-6-15-37(44)38-28-27-35(31-45(38)51)53(34-25-23-33(24-26-34)32-13-4-3-5-14-32)36-29-42-39-16-7-10-20-46(39)52-50(42)43(30-36)40-18-12-22-48-49(40)41-17-8-11-21-47(41)54-48/h3-31,52H,1-2H3. The fourth-order valence-electron chi connectivity index (χ4n) is 8.99. The molecule has 0 saturated carbocycles. The van der Waals surface area contributed by atoms with E-state index in [2.05, 4.69) is 194 Å². The number of aromatic nitrogens is 1. The van der Waals surface area contributed by atoms with Gasteiger partial charge in [0.25, 0.3) is 0 Å². The minimum absolute atomic E-state index is 0.130. The number of benzene rings is 8. The maximum absolute atomic E-state index is 6.42. The fourth-order valence-corrected chi connectivity index (χ4v) is 8.99. The number of fused-ring (bicyclic) bond motifs is 9. The van der Waals surface area contributed by atoms with Crippen molar-refractivity contribution < 1.29 is 4.42 Å². The van der Waals surface area contributed by atoms with Crippen LogP contribution in [0.15, 0.2) is 180 Å². The number of aromatic amines is 1. The van der Waals surface area contributed by atoms with E-state index in [9.17, 15) is 0 Å². The summed E-state index contributed by atoms with van der Waals surface area (Å²) in [6.45, 7) is 4.71. The molecular weight excluding hydrogens is 657 g/mol. The van der Waals surface area contributed by atoms with E-state index in [-0.39, 0.29) is 5.41 Å². The Bertz CT molecular complexity index is 3070. The molecule has 3 heteroatoms. The molecule has 0 fully saturated rings. The Balaban J connectivity index is 1.19. The zero-order chi connectivity index (χ0) is 36.0. The smallest absolute Gasteiger partial charge is 0.136 e. The average molecular weight is 693 g/mol. The van der Waals surface area contributed by atoms with Crippen LogP contribution >= 0.6 is 0 Å². The summed E-state index contributed by atoms with van der Waals surface area (Å²) in [6, 6.07) is 63.7. The molecule has 0 spiro atoms. The maximum Gasteiger partial charge on any atom is 0.136 e. The largest absolute Gasteiger partial charge is 0.456 e. The number of para-hydroxylation sites is 2. The predicted molar refractivity (Wildman–Crippen MR) is 226 cm³/mol.